The molecule has 1 unspecified atom stereocenters. The van der Waals surface area contributed by atoms with E-state index in [9.17, 15) is 9.90 Å². The van der Waals surface area contributed by atoms with Crippen LogP contribution in [-0.2, 0) is 10.3 Å². The number of methoxy groups -OCH3 is 1. The number of carbonyl (C=O) groups excluding carboxylic acids is 1. The van der Waals surface area contributed by atoms with E-state index in [1.54, 1.807) is 30.3 Å². The average molecular weight is 230 g/mol. The summed E-state index contributed by atoms with van der Waals surface area (Å²) in [6, 6.07) is 6.81. The first-order chi connectivity index (χ1) is 8.15. The zero-order valence-electron chi connectivity index (χ0n) is 9.59. The van der Waals surface area contributed by atoms with E-state index >= 15 is 0 Å². The van der Waals surface area contributed by atoms with Crippen LogP contribution in [0.5, 0.6) is 0 Å². The molecular weight excluding hydrogens is 216 g/mol. The minimum absolute atomic E-state index is 0.373. The lowest BCUT2D eigenvalue weighted by Crippen LogP contribution is -2.23. The average Bonchev–Trinajstić information content (AvgIpc) is 2.39. The highest BCUT2D eigenvalue weighted by molar-refractivity contribution is 5.89. The molecule has 17 heavy (non-hydrogen) atoms. The van der Waals surface area contributed by atoms with Gasteiger partial charge in [0.25, 0.3) is 0 Å². The Labute approximate surface area is 100 Å². The van der Waals surface area contributed by atoms with E-state index < -0.39 is 5.60 Å². The number of ether oxygens (including phenoxy) is 1. The van der Waals surface area contributed by atoms with Crippen LogP contribution < -0.4 is 0 Å². The lowest BCUT2D eigenvalue weighted by atomic mass is 9.87. The van der Waals surface area contributed by atoms with Crippen LogP contribution in [0.25, 0.3) is 0 Å². The van der Waals surface area contributed by atoms with E-state index in [1.165, 1.54) is 7.11 Å². The predicted molar refractivity (Wildman–Crippen MR) is 64.6 cm³/mol. The zero-order valence-corrected chi connectivity index (χ0v) is 9.59. The highest BCUT2D eigenvalue weighted by Gasteiger charge is 2.25. The number of aliphatic hydroxyl groups is 1. The Morgan fingerprint density at radius 1 is 1.29 bits per heavy atom. The number of rotatable bonds is 2. The van der Waals surface area contributed by atoms with Gasteiger partial charge in [-0.15, -0.1) is 0 Å². The van der Waals surface area contributed by atoms with E-state index in [0.717, 1.165) is 5.56 Å². The quantitative estimate of drug-likeness (QED) is 0.792. The molecule has 1 aliphatic rings. The van der Waals surface area contributed by atoms with Crippen LogP contribution in [0.3, 0.4) is 0 Å². The maximum absolute atomic E-state index is 11.3. The molecule has 1 aromatic carbocycles. The molecule has 0 radical (unpaired) electrons. The highest BCUT2D eigenvalue weighted by Crippen LogP contribution is 2.29. The third kappa shape index (κ3) is 2.29. The molecule has 0 amide bonds. The van der Waals surface area contributed by atoms with Gasteiger partial charge in [0.1, 0.15) is 5.60 Å². The van der Waals surface area contributed by atoms with E-state index in [1.807, 2.05) is 18.2 Å². The van der Waals surface area contributed by atoms with Gasteiger partial charge in [-0.3, -0.25) is 0 Å². The lowest BCUT2D eigenvalue weighted by Gasteiger charge is -2.25. The standard InChI is InChI=1S/C14H14O3/c1-17-13(15)11-5-7-12(8-6-11)14(16)9-3-2-4-10-14/h2-9,16H,10H2,1H3. The molecule has 3 heteroatoms. The van der Waals surface area contributed by atoms with Gasteiger partial charge in [0.05, 0.1) is 12.7 Å². The third-order valence-electron chi connectivity index (χ3n) is 2.85. The molecule has 1 atom stereocenters. The topological polar surface area (TPSA) is 46.5 Å². The Hall–Kier alpha value is -1.87. The van der Waals surface area contributed by atoms with Crippen molar-refractivity contribution in [3.05, 3.63) is 59.7 Å². The molecule has 1 aromatic rings. The number of allylic oxidation sites excluding steroid dienone is 2. The normalized spacial score (nSPS) is 22.5. The molecule has 0 bridgehead atoms. The molecular formula is C14H14O3. The Balaban J connectivity index is 2.26. The fourth-order valence-electron chi connectivity index (χ4n) is 1.84. The number of hydrogen-bond acceptors (Lipinski definition) is 3. The minimum atomic E-state index is -0.969. The fourth-order valence-corrected chi connectivity index (χ4v) is 1.84. The smallest absolute Gasteiger partial charge is 0.337 e. The number of carbonyl (C=O) groups is 1. The van der Waals surface area contributed by atoms with Crippen molar-refractivity contribution in [3.8, 4) is 0 Å². The van der Waals surface area contributed by atoms with Gasteiger partial charge < -0.3 is 9.84 Å². The highest BCUT2D eigenvalue weighted by atomic mass is 16.5. The molecule has 3 nitrogen and oxygen atoms in total. The summed E-state index contributed by atoms with van der Waals surface area (Å²) < 4.78 is 4.62. The SMILES string of the molecule is COC(=O)c1ccc(C2(O)C=CC=CC2)cc1. The van der Waals surface area contributed by atoms with Crippen molar-refractivity contribution in [2.45, 2.75) is 12.0 Å². The Kier molecular flexibility index (Phi) is 3.11. The first-order valence-corrected chi connectivity index (χ1v) is 5.41. The molecule has 0 heterocycles. The van der Waals surface area contributed by atoms with Crippen LogP contribution >= 0.6 is 0 Å². The Bertz CT molecular complexity index is 471. The van der Waals surface area contributed by atoms with Crippen LogP contribution in [0, 0.1) is 0 Å². The summed E-state index contributed by atoms with van der Waals surface area (Å²) >= 11 is 0. The molecule has 0 saturated heterocycles. The van der Waals surface area contributed by atoms with Crippen LogP contribution in [0.15, 0.2) is 48.6 Å². The van der Waals surface area contributed by atoms with Crippen LogP contribution in [0.1, 0.15) is 22.3 Å². The molecule has 0 aliphatic heterocycles. The van der Waals surface area contributed by atoms with Crippen LogP contribution in [-0.4, -0.2) is 18.2 Å². The summed E-state index contributed by atoms with van der Waals surface area (Å²) in [5.41, 5.74) is 0.282. The molecule has 1 aliphatic carbocycles. The van der Waals surface area contributed by atoms with Crippen molar-refractivity contribution in [1.29, 1.82) is 0 Å². The van der Waals surface area contributed by atoms with Gasteiger partial charge in [0.2, 0.25) is 0 Å². The van der Waals surface area contributed by atoms with Crippen molar-refractivity contribution in [3.63, 3.8) is 0 Å². The van der Waals surface area contributed by atoms with Crippen molar-refractivity contribution >= 4 is 5.97 Å². The maximum Gasteiger partial charge on any atom is 0.337 e. The second kappa shape index (κ2) is 4.55. The third-order valence-corrected chi connectivity index (χ3v) is 2.85. The maximum atomic E-state index is 11.3. The van der Waals surface area contributed by atoms with Crippen LogP contribution in [0.2, 0.25) is 0 Å². The number of hydrogen-bond donors (Lipinski definition) is 1. The largest absolute Gasteiger partial charge is 0.465 e. The Morgan fingerprint density at radius 3 is 2.53 bits per heavy atom. The molecule has 88 valence electrons. The fraction of sp³-hybridized carbons (Fsp3) is 0.214. The van der Waals surface area contributed by atoms with Crippen LogP contribution in [0.4, 0.5) is 0 Å². The van der Waals surface area contributed by atoms with Gasteiger partial charge in [0.15, 0.2) is 0 Å². The predicted octanol–water partition coefficient (Wildman–Crippen LogP) is 2.18. The number of esters is 1. The molecule has 0 aromatic heterocycles. The summed E-state index contributed by atoms with van der Waals surface area (Å²) in [7, 11) is 1.35. The molecule has 1 N–H and O–H groups in total. The van der Waals surface area contributed by atoms with Gasteiger partial charge >= 0.3 is 5.97 Å². The summed E-state index contributed by atoms with van der Waals surface area (Å²) in [6.07, 6.45) is 7.92. The summed E-state index contributed by atoms with van der Waals surface area (Å²) in [5, 5.41) is 10.4. The summed E-state index contributed by atoms with van der Waals surface area (Å²) in [5.74, 6) is -0.373. The lowest BCUT2D eigenvalue weighted by molar-refractivity contribution is 0.0599. The van der Waals surface area contributed by atoms with Crippen molar-refractivity contribution in [2.75, 3.05) is 7.11 Å². The van der Waals surface area contributed by atoms with E-state index in [2.05, 4.69) is 4.74 Å². The van der Waals surface area contributed by atoms with E-state index in [0.29, 0.717) is 12.0 Å². The number of benzene rings is 1. The van der Waals surface area contributed by atoms with Crippen molar-refractivity contribution < 1.29 is 14.6 Å². The van der Waals surface area contributed by atoms with Crippen molar-refractivity contribution in [2.24, 2.45) is 0 Å². The van der Waals surface area contributed by atoms with E-state index in [4.69, 9.17) is 0 Å². The first-order valence-electron chi connectivity index (χ1n) is 5.41. The van der Waals surface area contributed by atoms with Gasteiger partial charge in [-0.05, 0) is 23.8 Å². The molecule has 0 saturated carbocycles. The second-order valence-corrected chi connectivity index (χ2v) is 3.98. The molecule has 0 spiro atoms. The molecule has 2 rings (SSSR count). The van der Waals surface area contributed by atoms with Gasteiger partial charge in [0, 0.05) is 6.42 Å². The van der Waals surface area contributed by atoms with Gasteiger partial charge in [-0.25, -0.2) is 4.79 Å². The summed E-state index contributed by atoms with van der Waals surface area (Å²) in [4.78, 5) is 11.3. The van der Waals surface area contributed by atoms with Gasteiger partial charge in [-0.1, -0.05) is 30.4 Å². The minimum Gasteiger partial charge on any atom is -0.465 e. The Morgan fingerprint density at radius 2 is 2.00 bits per heavy atom. The van der Waals surface area contributed by atoms with Crippen molar-refractivity contribution in [1.82, 2.24) is 0 Å². The van der Waals surface area contributed by atoms with E-state index in [-0.39, 0.29) is 5.97 Å². The van der Waals surface area contributed by atoms with Gasteiger partial charge in [-0.2, -0.15) is 0 Å². The second-order valence-electron chi connectivity index (χ2n) is 3.98. The monoisotopic (exact) mass is 230 g/mol. The zero-order chi connectivity index (χ0) is 12.3. The summed E-state index contributed by atoms with van der Waals surface area (Å²) in [6.45, 7) is 0. The first kappa shape index (κ1) is 11.6. The molecule has 0 fully saturated rings.